The lowest BCUT2D eigenvalue weighted by atomic mass is 10.1. The lowest BCUT2D eigenvalue weighted by Crippen LogP contribution is -2.13. The average molecular weight is 484 g/mol. The molecule has 0 aliphatic heterocycles. The van der Waals surface area contributed by atoms with Crippen LogP contribution in [0.1, 0.15) is 11.3 Å². The largest absolute Gasteiger partial charge is 0.497 e. The van der Waals surface area contributed by atoms with E-state index in [4.69, 9.17) is 35.1 Å². The van der Waals surface area contributed by atoms with Crippen LogP contribution in [0.25, 0.3) is 6.08 Å². The Labute approximate surface area is 201 Å². The summed E-state index contributed by atoms with van der Waals surface area (Å²) in [5.74, 6) is 2.08. The van der Waals surface area contributed by atoms with E-state index in [-0.39, 0.29) is 29.6 Å². The zero-order valence-corrected chi connectivity index (χ0v) is 19.5. The smallest absolute Gasteiger partial charge is 0.267 e. The number of aromatic nitrogens is 1. The highest BCUT2D eigenvalue weighted by molar-refractivity contribution is 6.32. The standard InChI is InChI=1S/C24H22ClN3O6/c1-15-9-22(28-34-15)27-24(29)17(14-26)10-16-11-20(25)23(21(12-16)31-3)33-8-7-32-19-6-4-5-18(13-19)30-2/h4-6,9-13H,7-8H2,1-3H3,(H,27,28,29). The van der Waals surface area contributed by atoms with E-state index in [0.29, 0.717) is 34.3 Å². The second-order valence-corrected chi connectivity index (χ2v) is 7.26. The molecule has 0 saturated carbocycles. The van der Waals surface area contributed by atoms with Crippen molar-refractivity contribution in [3.63, 3.8) is 0 Å². The quantitative estimate of drug-likeness (QED) is 0.251. The molecule has 9 nitrogen and oxygen atoms in total. The van der Waals surface area contributed by atoms with Gasteiger partial charge in [-0.2, -0.15) is 5.26 Å². The first-order valence-electron chi connectivity index (χ1n) is 10.1. The summed E-state index contributed by atoms with van der Waals surface area (Å²) in [7, 11) is 3.04. The van der Waals surface area contributed by atoms with Crippen molar-refractivity contribution in [1.29, 1.82) is 5.26 Å². The Balaban J connectivity index is 1.68. The van der Waals surface area contributed by atoms with Gasteiger partial charge in [0.05, 0.1) is 19.2 Å². The maximum atomic E-state index is 12.4. The number of ether oxygens (including phenoxy) is 4. The van der Waals surface area contributed by atoms with Gasteiger partial charge < -0.3 is 28.8 Å². The number of nitrogens with zero attached hydrogens (tertiary/aromatic N) is 2. The summed E-state index contributed by atoms with van der Waals surface area (Å²) >= 11 is 6.39. The van der Waals surface area contributed by atoms with Crippen LogP contribution in [0.2, 0.25) is 5.02 Å². The van der Waals surface area contributed by atoms with Gasteiger partial charge in [0.15, 0.2) is 17.3 Å². The van der Waals surface area contributed by atoms with E-state index >= 15 is 0 Å². The molecule has 0 bridgehead atoms. The molecule has 0 aliphatic rings. The van der Waals surface area contributed by atoms with Crippen molar-refractivity contribution in [1.82, 2.24) is 5.16 Å². The van der Waals surface area contributed by atoms with E-state index < -0.39 is 5.91 Å². The SMILES string of the molecule is COc1cccc(OCCOc2c(Cl)cc(C=C(C#N)C(=O)Nc3cc(C)on3)cc2OC)c1. The number of hydrogen-bond acceptors (Lipinski definition) is 8. The maximum Gasteiger partial charge on any atom is 0.267 e. The minimum atomic E-state index is -0.638. The molecule has 1 heterocycles. The van der Waals surface area contributed by atoms with Crippen LogP contribution in [-0.2, 0) is 4.79 Å². The number of nitrogens with one attached hydrogen (secondary N) is 1. The zero-order chi connectivity index (χ0) is 24.5. The van der Waals surface area contributed by atoms with E-state index in [1.807, 2.05) is 24.3 Å². The number of carbonyl (C=O) groups is 1. The summed E-state index contributed by atoms with van der Waals surface area (Å²) < 4.78 is 26.9. The third-order valence-corrected chi connectivity index (χ3v) is 4.72. The molecular formula is C24H22ClN3O6. The molecule has 3 rings (SSSR count). The van der Waals surface area contributed by atoms with Gasteiger partial charge in [-0.25, -0.2) is 0 Å². The predicted octanol–water partition coefficient (Wildman–Crippen LogP) is 4.66. The summed E-state index contributed by atoms with van der Waals surface area (Å²) in [5, 5.41) is 15.9. The first kappa shape index (κ1) is 24.5. The number of benzene rings is 2. The fraction of sp³-hybridized carbons (Fsp3) is 0.208. The highest BCUT2D eigenvalue weighted by Crippen LogP contribution is 2.37. The van der Waals surface area contributed by atoms with Gasteiger partial charge >= 0.3 is 0 Å². The van der Waals surface area contributed by atoms with Crippen LogP contribution in [0, 0.1) is 18.3 Å². The van der Waals surface area contributed by atoms with Gasteiger partial charge in [0.2, 0.25) is 0 Å². The van der Waals surface area contributed by atoms with Crippen molar-refractivity contribution < 1.29 is 28.3 Å². The Hall–Kier alpha value is -4.16. The highest BCUT2D eigenvalue weighted by Gasteiger charge is 2.15. The van der Waals surface area contributed by atoms with Crippen molar-refractivity contribution in [3.05, 3.63) is 64.4 Å². The van der Waals surface area contributed by atoms with Gasteiger partial charge in [-0.1, -0.05) is 22.8 Å². The summed E-state index contributed by atoms with van der Waals surface area (Å²) in [6.45, 7) is 2.15. The summed E-state index contributed by atoms with van der Waals surface area (Å²) in [4.78, 5) is 12.4. The highest BCUT2D eigenvalue weighted by atomic mass is 35.5. The molecular weight excluding hydrogens is 462 g/mol. The van der Waals surface area contributed by atoms with Crippen LogP contribution >= 0.6 is 11.6 Å². The van der Waals surface area contributed by atoms with Crippen LogP contribution in [0.5, 0.6) is 23.0 Å². The topological polar surface area (TPSA) is 116 Å². The molecule has 1 amide bonds. The van der Waals surface area contributed by atoms with E-state index in [1.165, 1.54) is 19.3 Å². The molecule has 0 radical (unpaired) electrons. The van der Waals surface area contributed by atoms with Crippen LogP contribution < -0.4 is 24.3 Å². The van der Waals surface area contributed by atoms with Crippen molar-refractivity contribution in [2.45, 2.75) is 6.92 Å². The fourth-order valence-corrected chi connectivity index (χ4v) is 3.16. The van der Waals surface area contributed by atoms with E-state index in [9.17, 15) is 10.1 Å². The number of aryl methyl sites for hydroxylation is 1. The molecule has 3 aromatic rings. The van der Waals surface area contributed by atoms with E-state index in [0.717, 1.165) is 0 Å². The summed E-state index contributed by atoms with van der Waals surface area (Å²) in [6, 6.07) is 13.8. The van der Waals surface area contributed by atoms with E-state index in [2.05, 4.69) is 10.5 Å². The second kappa shape index (κ2) is 11.6. The minimum absolute atomic E-state index is 0.154. The maximum absolute atomic E-state index is 12.4. The zero-order valence-electron chi connectivity index (χ0n) is 18.8. The minimum Gasteiger partial charge on any atom is -0.497 e. The molecule has 0 atom stereocenters. The fourth-order valence-electron chi connectivity index (χ4n) is 2.88. The molecule has 10 heteroatoms. The lowest BCUT2D eigenvalue weighted by molar-refractivity contribution is -0.112. The predicted molar refractivity (Wildman–Crippen MR) is 125 cm³/mol. The molecule has 1 N–H and O–H groups in total. The lowest BCUT2D eigenvalue weighted by Gasteiger charge is -2.14. The Morgan fingerprint density at radius 2 is 1.91 bits per heavy atom. The number of anilines is 1. The van der Waals surface area contributed by atoms with Gasteiger partial charge in [0, 0.05) is 12.1 Å². The number of amides is 1. The number of halogens is 1. The van der Waals surface area contributed by atoms with Crippen molar-refractivity contribution in [3.8, 4) is 29.1 Å². The third-order valence-electron chi connectivity index (χ3n) is 4.44. The second-order valence-electron chi connectivity index (χ2n) is 6.86. The van der Waals surface area contributed by atoms with Gasteiger partial charge in [-0.05, 0) is 42.8 Å². The van der Waals surface area contributed by atoms with Crippen LogP contribution in [0.3, 0.4) is 0 Å². The number of methoxy groups -OCH3 is 2. The van der Waals surface area contributed by atoms with Gasteiger partial charge in [0.25, 0.3) is 5.91 Å². The normalized spacial score (nSPS) is 10.9. The summed E-state index contributed by atoms with van der Waals surface area (Å²) in [6.07, 6.45) is 1.38. The molecule has 0 aliphatic carbocycles. The molecule has 2 aromatic carbocycles. The molecule has 176 valence electrons. The van der Waals surface area contributed by atoms with Crippen molar-refractivity contribution in [2.75, 3.05) is 32.8 Å². The van der Waals surface area contributed by atoms with Gasteiger partial charge in [0.1, 0.15) is 42.1 Å². The van der Waals surface area contributed by atoms with Crippen molar-refractivity contribution in [2.24, 2.45) is 0 Å². The van der Waals surface area contributed by atoms with Crippen LogP contribution in [0.15, 0.2) is 52.6 Å². The molecule has 0 unspecified atom stereocenters. The van der Waals surface area contributed by atoms with Crippen LogP contribution in [0.4, 0.5) is 5.82 Å². The number of carbonyl (C=O) groups excluding carboxylic acids is 1. The Kier molecular flexibility index (Phi) is 8.37. The molecule has 1 aromatic heterocycles. The molecule has 0 saturated heterocycles. The first-order chi connectivity index (χ1) is 16.4. The Morgan fingerprint density at radius 3 is 2.59 bits per heavy atom. The Bertz CT molecular complexity index is 1230. The monoisotopic (exact) mass is 483 g/mol. The molecule has 34 heavy (non-hydrogen) atoms. The number of nitriles is 1. The van der Waals surface area contributed by atoms with Crippen molar-refractivity contribution >= 4 is 29.4 Å². The number of hydrogen-bond donors (Lipinski definition) is 1. The molecule has 0 spiro atoms. The van der Waals surface area contributed by atoms with Gasteiger partial charge in [-0.15, -0.1) is 0 Å². The molecule has 0 fully saturated rings. The first-order valence-corrected chi connectivity index (χ1v) is 10.4. The number of rotatable bonds is 10. The van der Waals surface area contributed by atoms with E-state index in [1.54, 1.807) is 32.2 Å². The average Bonchev–Trinajstić information content (AvgIpc) is 3.25. The van der Waals surface area contributed by atoms with Crippen LogP contribution in [-0.4, -0.2) is 38.5 Å². The Morgan fingerprint density at radius 1 is 1.15 bits per heavy atom. The third kappa shape index (κ3) is 6.43. The summed E-state index contributed by atoms with van der Waals surface area (Å²) in [5.41, 5.74) is 0.323. The van der Waals surface area contributed by atoms with Gasteiger partial charge in [-0.3, -0.25) is 4.79 Å².